The number of likely N-dealkylation sites (N-methyl/N-ethyl adjacent to an activating group) is 1. The maximum atomic E-state index is 14.5. The zero-order valence-electron chi connectivity index (χ0n) is 18.3. The molecule has 0 spiro atoms. The predicted molar refractivity (Wildman–Crippen MR) is 118 cm³/mol. The molecule has 4 heterocycles. The summed E-state index contributed by atoms with van der Waals surface area (Å²) >= 11 is 0. The van der Waals surface area contributed by atoms with Gasteiger partial charge in [-0.1, -0.05) is 0 Å². The maximum absolute atomic E-state index is 14.5. The molecule has 5 rings (SSSR count). The van der Waals surface area contributed by atoms with Gasteiger partial charge in [-0.05, 0) is 25.5 Å². The lowest BCUT2D eigenvalue weighted by atomic mass is 10.1. The number of aromatic nitrogens is 4. The minimum absolute atomic E-state index is 0.0104. The highest BCUT2D eigenvalue weighted by Gasteiger charge is 2.33. The van der Waals surface area contributed by atoms with Crippen molar-refractivity contribution in [3.05, 3.63) is 36.0 Å². The first-order valence-electron chi connectivity index (χ1n) is 10.7. The Labute approximate surface area is 185 Å². The van der Waals surface area contributed by atoms with Gasteiger partial charge >= 0.3 is 0 Å². The normalized spacial score (nSPS) is 23.7. The highest BCUT2D eigenvalue weighted by molar-refractivity contribution is 5.92. The zero-order valence-corrected chi connectivity index (χ0v) is 18.3. The van der Waals surface area contributed by atoms with E-state index in [1.807, 2.05) is 11.5 Å². The molecular weight excluding hydrogens is 413 g/mol. The second kappa shape index (κ2) is 8.10. The van der Waals surface area contributed by atoms with Crippen molar-refractivity contribution in [2.75, 3.05) is 32.6 Å². The minimum atomic E-state index is -0.375. The summed E-state index contributed by atoms with van der Waals surface area (Å²) in [5, 5.41) is 6.60. The number of fused-ring (bicyclic) bond motifs is 5. The molecule has 0 radical (unpaired) electrons. The lowest BCUT2D eigenvalue weighted by Crippen LogP contribution is -2.45. The number of hydrogen-bond donors (Lipinski definition) is 2. The maximum Gasteiger partial charge on any atom is 0.239 e. The third-order valence-corrected chi connectivity index (χ3v) is 6.26. The Bertz CT molecular complexity index is 1180. The first kappa shape index (κ1) is 20.8. The Morgan fingerprint density at radius 1 is 1.25 bits per heavy atom. The van der Waals surface area contributed by atoms with Gasteiger partial charge in [0.05, 0.1) is 35.4 Å². The van der Waals surface area contributed by atoms with Crippen LogP contribution in [0.2, 0.25) is 0 Å². The van der Waals surface area contributed by atoms with E-state index in [4.69, 9.17) is 4.74 Å². The van der Waals surface area contributed by atoms with Crippen LogP contribution in [0, 0.1) is 12.7 Å². The number of ether oxygens (including phenoxy) is 1. The molecule has 2 aromatic heterocycles. The molecule has 3 aromatic rings. The van der Waals surface area contributed by atoms with Crippen molar-refractivity contribution >= 4 is 22.9 Å². The third kappa shape index (κ3) is 3.69. The van der Waals surface area contributed by atoms with Crippen LogP contribution in [0.4, 0.5) is 10.3 Å². The van der Waals surface area contributed by atoms with Gasteiger partial charge in [0, 0.05) is 51.1 Å². The summed E-state index contributed by atoms with van der Waals surface area (Å²) in [6, 6.07) is 4.41. The van der Waals surface area contributed by atoms with Gasteiger partial charge in [0.25, 0.3) is 0 Å². The number of hydrogen-bond acceptors (Lipinski definition) is 7. The second-order valence-corrected chi connectivity index (χ2v) is 8.47. The quantitative estimate of drug-likeness (QED) is 0.594. The van der Waals surface area contributed by atoms with Crippen molar-refractivity contribution in [2.45, 2.75) is 38.1 Å². The number of halogens is 1. The molecule has 3 atom stereocenters. The summed E-state index contributed by atoms with van der Waals surface area (Å²) in [6.45, 7) is 3.40. The molecule has 0 saturated carbocycles. The number of rotatable bonds is 1. The summed E-state index contributed by atoms with van der Waals surface area (Å²) in [6.07, 6.45) is 2.02. The van der Waals surface area contributed by atoms with Gasteiger partial charge in [-0.25, -0.2) is 19.3 Å². The topological polar surface area (TPSA) is 97.2 Å². The molecule has 1 saturated heterocycles. The van der Waals surface area contributed by atoms with Gasteiger partial charge in [0.2, 0.25) is 11.9 Å². The van der Waals surface area contributed by atoms with Gasteiger partial charge in [0.15, 0.2) is 0 Å². The summed E-state index contributed by atoms with van der Waals surface area (Å²) in [5.74, 6) is 0.830. The van der Waals surface area contributed by atoms with Crippen LogP contribution in [-0.2, 0) is 16.1 Å². The van der Waals surface area contributed by atoms with Gasteiger partial charge in [0.1, 0.15) is 11.6 Å². The van der Waals surface area contributed by atoms with E-state index < -0.39 is 0 Å². The largest absolute Gasteiger partial charge is 0.378 e. The van der Waals surface area contributed by atoms with Crippen LogP contribution >= 0.6 is 0 Å². The van der Waals surface area contributed by atoms with Gasteiger partial charge in [-0.2, -0.15) is 0 Å². The second-order valence-electron chi connectivity index (χ2n) is 8.47. The van der Waals surface area contributed by atoms with Crippen molar-refractivity contribution in [1.29, 1.82) is 0 Å². The van der Waals surface area contributed by atoms with Crippen LogP contribution in [0.1, 0.15) is 12.2 Å². The monoisotopic (exact) mass is 439 g/mol. The Morgan fingerprint density at radius 2 is 2.09 bits per heavy atom. The van der Waals surface area contributed by atoms with Crippen LogP contribution in [0.5, 0.6) is 0 Å². The fraction of sp³-hybridized carbons (Fsp3) is 0.455. The standard InChI is InChI=1S/C22H26FN7O2/c1-12-26-18-7-13(23)6-16-17-4-5-24-22(28-17)27-14-8-19(25-9-14)21(31)29(2)10-15(32-3)11-30(12)20(16)18/h4-7,14-15,19,25H,8-11H2,1-3H3,(H,24,27,28)/t14-,15-,19-/m0/s1. The number of aryl methyl sites for hydroxylation is 1. The Kier molecular flexibility index (Phi) is 5.26. The smallest absolute Gasteiger partial charge is 0.239 e. The van der Waals surface area contributed by atoms with E-state index >= 15 is 0 Å². The molecule has 168 valence electrons. The zero-order chi connectivity index (χ0) is 22.4. The highest BCUT2D eigenvalue weighted by Crippen LogP contribution is 2.31. The fourth-order valence-electron chi connectivity index (χ4n) is 4.64. The number of nitrogens with one attached hydrogen (secondary N) is 2. The summed E-state index contributed by atoms with van der Waals surface area (Å²) in [7, 11) is 3.43. The number of carbonyl (C=O) groups excluding carboxylic acids is 1. The Morgan fingerprint density at radius 3 is 2.91 bits per heavy atom. The van der Waals surface area contributed by atoms with E-state index in [0.29, 0.717) is 48.8 Å². The number of carbonyl (C=O) groups is 1. The van der Waals surface area contributed by atoms with E-state index in [2.05, 4.69) is 25.6 Å². The van der Waals surface area contributed by atoms with E-state index in [1.54, 1.807) is 31.3 Å². The average molecular weight is 439 g/mol. The highest BCUT2D eigenvalue weighted by atomic mass is 19.1. The van der Waals surface area contributed by atoms with Gasteiger partial charge in [-0.15, -0.1) is 0 Å². The number of nitrogens with zero attached hydrogens (tertiary/aromatic N) is 5. The van der Waals surface area contributed by atoms with Crippen LogP contribution in [-0.4, -0.2) is 75.8 Å². The lowest BCUT2D eigenvalue weighted by molar-refractivity contribution is -0.133. The molecule has 9 nitrogen and oxygen atoms in total. The number of amides is 1. The van der Waals surface area contributed by atoms with Crippen LogP contribution in [0.25, 0.3) is 22.3 Å². The van der Waals surface area contributed by atoms with Crippen molar-refractivity contribution < 1.29 is 13.9 Å². The molecule has 0 aliphatic carbocycles. The van der Waals surface area contributed by atoms with Crippen molar-refractivity contribution in [3.63, 3.8) is 0 Å². The van der Waals surface area contributed by atoms with E-state index in [1.165, 1.54) is 12.1 Å². The molecule has 1 aromatic carbocycles. The molecule has 2 aliphatic heterocycles. The van der Waals surface area contributed by atoms with E-state index in [9.17, 15) is 9.18 Å². The lowest BCUT2D eigenvalue weighted by Gasteiger charge is -2.26. The fourth-order valence-corrected chi connectivity index (χ4v) is 4.64. The molecule has 1 fully saturated rings. The molecular formula is C22H26FN7O2. The minimum Gasteiger partial charge on any atom is -0.378 e. The summed E-state index contributed by atoms with van der Waals surface area (Å²) in [5.41, 5.74) is 2.58. The van der Waals surface area contributed by atoms with Gasteiger partial charge in [-0.3, -0.25) is 4.79 Å². The molecule has 2 N–H and O–H groups in total. The average Bonchev–Trinajstić information content (AvgIpc) is 3.35. The number of imidazole rings is 1. The van der Waals surface area contributed by atoms with Crippen molar-refractivity contribution in [2.24, 2.45) is 0 Å². The summed E-state index contributed by atoms with van der Waals surface area (Å²) < 4.78 is 22.3. The van der Waals surface area contributed by atoms with Crippen LogP contribution in [0.3, 0.4) is 0 Å². The SMILES string of the molecule is CO[C@H]1CN(C)C(=O)[C@@H]2C[C@@H](CN2)Nc2nccc(n2)-c2cc(F)cc3nc(C)n(c23)C1. The van der Waals surface area contributed by atoms with Crippen LogP contribution < -0.4 is 10.6 Å². The van der Waals surface area contributed by atoms with Crippen molar-refractivity contribution in [3.8, 4) is 11.3 Å². The number of benzene rings is 1. The van der Waals surface area contributed by atoms with Crippen molar-refractivity contribution in [1.82, 2.24) is 29.7 Å². The van der Waals surface area contributed by atoms with E-state index in [0.717, 1.165) is 11.3 Å². The molecule has 2 aliphatic rings. The third-order valence-electron chi connectivity index (χ3n) is 6.26. The Hall–Kier alpha value is -3.11. The first-order valence-corrected chi connectivity index (χ1v) is 10.7. The number of methoxy groups -OCH3 is 1. The molecule has 0 unspecified atom stereocenters. The molecule has 1 amide bonds. The summed E-state index contributed by atoms with van der Waals surface area (Å²) in [4.78, 5) is 28.3. The molecule has 32 heavy (non-hydrogen) atoms. The molecule has 10 heteroatoms. The van der Waals surface area contributed by atoms with Crippen LogP contribution in [0.15, 0.2) is 24.4 Å². The first-order chi connectivity index (χ1) is 15.4. The van der Waals surface area contributed by atoms with Gasteiger partial charge < -0.3 is 24.8 Å². The number of anilines is 1. The molecule has 4 bridgehead atoms. The Balaban J connectivity index is 1.68. The predicted octanol–water partition coefficient (Wildman–Crippen LogP) is 1.57. The van der Waals surface area contributed by atoms with E-state index in [-0.39, 0.29) is 29.9 Å².